The maximum atomic E-state index is 12.4. The van der Waals surface area contributed by atoms with Gasteiger partial charge in [0.15, 0.2) is 21.3 Å². The highest BCUT2D eigenvalue weighted by Crippen LogP contribution is 2.36. The van der Waals surface area contributed by atoms with Crippen molar-refractivity contribution in [2.24, 2.45) is 0 Å². The molecule has 1 aliphatic rings. The van der Waals surface area contributed by atoms with Gasteiger partial charge in [0, 0.05) is 0 Å². The highest BCUT2D eigenvalue weighted by atomic mass is 32.2. The van der Waals surface area contributed by atoms with Crippen LogP contribution < -0.4 is 9.47 Å². The Morgan fingerprint density at radius 1 is 1.09 bits per heavy atom. The maximum absolute atomic E-state index is 12.4. The molecule has 1 N–H and O–H groups in total. The number of sulfone groups is 1. The lowest BCUT2D eigenvalue weighted by molar-refractivity contribution is 0.0816. The molecule has 0 bridgehead atoms. The quantitative estimate of drug-likeness (QED) is 0.934. The number of rotatable bonds is 4. The summed E-state index contributed by atoms with van der Waals surface area (Å²) < 4.78 is 35.4. The van der Waals surface area contributed by atoms with E-state index in [0.717, 1.165) is 0 Å². The second-order valence-electron chi connectivity index (χ2n) is 5.41. The van der Waals surface area contributed by atoms with Gasteiger partial charge in [0.05, 0.1) is 10.6 Å². The first-order chi connectivity index (χ1) is 10.4. The van der Waals surface area contributed by atoms with Gasteiger partial charge in [-0.05, 0) is 36.8 Å². The van der Waals surface area contributed by atoms with E-state index in [2.05, 4.69) is 0 Å². The van der Waals surface area contributed by atoms with Crippen LogP contribution in [0.3, 0.4) is 0 Å². The average molecular weight is 320 g/mol. The first-order valence-electron chi connectivity index (χ1n) is 6.79. The Bertz CT molecular complexity index is 781. The Morgan fingerprint density at radius 2 is 1.77 bits per heavy atom. The molecule has 3 rings (SSSR count). The standard InChI is InChI=1S/C16H16O5S/c1-16(17,10-22(18,19)13-5-3-2-4-6-13)12-7-8-14-15(9-12)21-11-20-14/h2-9,17H,10-11H2,1H3. The van der Waals surface area contributed by atoms with Crippen LogP contribution >= 0.6 is 0 Å². The molecule has 1 aliphatic heterocycles. The molecule has 0 fully saturated rings. The summed E-state index contributed by atoms with van der Waals surface area (Å²) in [5, 5.41) is 10.6. The zero-order valence-corrected chi connectivity index (χ0v) is 12.8. The summed E-state index contributed by atoms with van der Waals surface area (Å²) in [6, 6.07) is 13.0. The van der Waals surface area contributed by atoms with Crippen LogP contribution in [0, 0.1) is 0 Å². The topological polar surface area (TPSA) is 72.8 Å². The summed E-state index contributed by atoms with van der Waals surface area (Å²) in [5.74, 6) is 0.685. The Labute approximate surface area is 129 Å². The molecule has 5 nitrogen and oxygen atoms in total. The Kier molecular flexibility index (Phi) is 3.58. The first-order valence-corrected chi connectivity index (χ1v) is 8.44. The summed E-state index contributed by atoms with van der Waals surface area (Å²) >= 11 is 0. The van der Waals surface area contributed by atoms with E-state index in [1.54, 1.807) is 36.4 Å². The zero-order chi connectivity index (χ0) is 15.8. The molecule has 1 atom stereocenters. The van der Waals surface area contributed by atoms with Crippen molar-refractivity contribution in [2.45, 2.75) is 17.4 Å². The molecule has 0 saturated carbocycles. The second-order valence-corrected chi connectivity index (χ2v) is 7.40. The molecule has 1 heterocycles. The van der Waals surface area contributed by atoms with Crippen molar-refractivity contribution in [3.8, 4) is 11.5 Å². The van der Waals surface area contributed by atoms with Gasteiger partial charge in [-0.1, -0.05) is 24.3 Å². The predicted molar refractivity (Wildman–Crippen MR) is 80.6 cm³/mol. The van der Waals surface area contributed by atoms with E-state index in [-0.39, 0.29) is 11.7 Å². The summed E-state index contributed by atoms with van der Waals surface area (Å²) in [7, 11) is -3.60. The van der Waals surface area contributed by atoms with Gasteiger partial charge in [-0.15, -0.1) is 0 Å². The minimum Gasteiger partial charge on any atom is -0.454 e. The summed E-state index contributed by atoms with van der Waals surface area (Å²) in [5.41, 5.74) is -1.06. The van der Waals surface area contributed by atoms with E-state index in [1.807, 2.05) is 0 Å². The minimum absolute atomic E-state index is 0.128. The van der Waals surface area contributed by atoms with Gasteiger partial charge in [0.2, 0.25) is 6.79 Å². The highest BCUT2D eigenvalue weighted by Gasteiger charge is 2.32. The predicted octanol–water partition coefficient (Wildman–Crippen LogP) is 2.10. The molecular weight excluding hydrogens is 304 g/mol. The smallest absolute Gasteiger partial charge is 0.231 e. The van der Waals surface area contributed by atoms with Crippen molar-refractivity contribution >= 4 is 9.84 Å². The highest BCUT2D eigenvalue weighted by molar-refractivity contribution is 7.91. The molecule has 0 radical (unpaired) electrons. The second kappa shape index (κ2) is 5.30. The summed E-state index contributed by atoms with van der Waals surface area (Å²) in [4.78, 5) is 0.191. The van der Waals surface area contributed by atoms with Crippen molar-refractivity contribution in [2.75, 3.05) is 12.5 Å². The van der Waals surface area contributed by atoms with Crippen LogP contribution in [-0.2, 0) is 15.4 Å². The van der Waals surface area contributed by atoms with Crippen LogP contribution in [0.15, 0.2) is 53.4 Å². The third kappa shape index (κ3) is 2.80. The van der Waals surface area contributed by atoms with E-state index in [4.69, 9.17) is 9.47 Å². The van der Waals surface area contributed by atoms with Crippen molar-refractivity contribution in [1.82, 2.24) is 0 Å². The molecule has 0 spiro atoms. The van der Waals surface area contributed by atoms with Crippen LogP contribution in [0.5, 0.6) is 11.5 Å². The minimum atomic E-state index is -3.60. The van der Waals surface area contributed by atoms with Crippen molar-refractivity contribution in [3.05, 3.63) is 54.1 Å². The van der Waals surface area contributed by atoms with E-state index >= 15 is 0 Å². The fourth-order valence-electron chi connectivity index (χ4n) is 2.40. The van der Waals surface area contributed by atoms with Crippen molar-refractivity contribution < 1.29 is 23.0 Å². The molecule has 2 aromatic rings. The molecule has 6 heteroatoms. The maximum Gasteiger partial charge on any atom is 0.231 e. The molecule has 1 unspecified atom stereocenters. The molecule has 116 valence electrons. The third-order valence-electron chi connectivity index (χ3n) is 3.57. The number of hydrogen-bond donors (Lipinski definition) is 1. The van der Waals surface area contributed by atoms with Gasteiger partial charge in [-0.25, -0.2) is 8.42 Å². The van der Waals surface area contributed by atoms with Crippen LogP contribution in [0.25, 0.3) is 0 Å². The molecule has 22 heavy (non-hydrogen) atoms. The zero-order valence-electron chi connectivity index (χ0n) is 12.0. The largest absolute Gasteiger partial charge is 0.454 e. The van der Waals surface area contributed by atoms with Crippen LogP contribution in [0.1, 0.15) is 12.5 Å². The number of fused-ring (bicyclic) bond motifs is 1. The number of ether oxygens (including phenoxy) is 2. The molecule has 0 saturated heterocycles. The van der Waals surface area contributed by atoms with Gasteiger partial charge in [-0.3, -0.25) is 0 Å². The average Bonchev–Trinajstić information content (AvgIpc) is 2.94. The third-order valence-corrected chi connectivity index (χ3v) is 5.50. The number of aliphatic hydroxyl groups is 1. The van der Waals surface area contributed by atoms with Gasteiger partial charge in [0.1, 0.15) is 5.60 Å². The lowest BCUT2D eigenvalue weighted by Gasteiger charge is -2.24. The summed E-state index contributed by atoms with van der Waals surface area (Å²) in [6.45, 7) is 1.61. The lowest BCUT2D eigenvalue weighted by Crippen LogP contribution is -2.31. The molecule has 0 aromatic heterocycles. The Balaban J connectivity index is 1.90. The van der Waals surface area contributed by atoms with Crippen molar-refractivity contribution in [3.63, 3.8) is 0 Å². The molecule has 0 aliphatic carbocycles. The van der Waals surface area contributed by atoms with Gasteiger partial charge < -0.3 is 14.6 Å². The molecular formula is C16H16O5S. The van der Waals surface area contributed by atoms with Gasteiger partial charge >= 0.3 is 0 Å². The fraction of sp³-hybridized carbons (Fsp3) is 0.250. The van der Waals surface area contributed by atoms with Gasteiger partial charge in [-0.2, -0.15) is 0 Å². The van der Waals surface area contributed by atoms with Crippen LogP contribution in [0.4, 0.5) is 0 Å². The fourth-order valence-corrected chi connectivity index (χ4v) is 4.04. The monoisotopic (exact) mass is 320 g/mol. The van der Waals surface area contributed by atoms with E-state index in [1.165, 1.54) is 19.1 Å². The Morgan fingerprint density at radius 3 is 2.50 bits per heavy atom. The van der Waals surface area contributed by atoms with E-state index in [9.17, 15) is 13.5 Å². The normalized spacial score (nSPS) is 16.3. The summed E-state index contributed by atoms with van der Waals surface area (Å²) in [6.07, 6.45) is 0. The number of hydrogen-bond acceptors (Lipinski definition) is 5. The van der Waals surface area contributed by atoms with Gasteiger partial charge in [0.25, 0.3) is 0 Å². The van der Waals surface area contributed by atoms with E-state index < -0.39 is 21.2 Å². The van der Waals surface area contributed by atoms with E-state index in [0.29, 0.717) is 17.1 Å². The van der Waals surface area contributed by atoms with Crippen LogP contribution in [-0.4, -0.2) is 26.1 Å². The SMILES string of the molecule is CC(O)(CS(=O)(=O)c1ccccc1)c1ccc2c(c1)OCO2. The lowest BCUT2D eigenvalue weighted by atomic mass is 9.98. The van der Waals surface area contributed by atoms with Crippen LogP contribution in [0.2, 0.25) is 0 Å². The van der Waals surface area contributed by atoms with Crippen molar-refractivity contribution in [1.29, 1.82) is 0 Å². The first kappa shape index (κ1) is 14.9. The number of benzene rings is 2. The molecule has 2 aromatic carbocycles. The molecule has 0 amide bonds. The Hall–Kier alpha value is -2.05.